The van der Waals surface area contributed by atoms with Crippen LogP contribution < -0.4 is 0 Å². The van der Waals surface area contributed by atoms with Crippen molar-refractivity contribution in [2.75, 3.05) is 13.2 Å². The highest BCUT2D eigenvalue weighted by Gasteiger charge is 2.42. The maximum Gasteiger partial charge on any atom is 0.348 e. The number of esters is 2. The molecule has 5 heteroatoms. The highest BCUT2D eigenvalue weighted by atomic mass is 16.6. The van der Waals surface area contributed by atoms with Gasteiger partial charge < -0.3 is 14.2 Å². The van der Waals surface area contributed by atoms with Gasteiger partial charge in [0.2, 0.25) is 0 Å². The SMILES string of the molecule is CCC(C)(C)C(=O)OC(C)C(=O)OC1(c2ccccc2)CCOC1. The third-order valence-corrected chi connectivity index (χ3v) is 4.63. The van der Waals surface area contributed by atoms with Crippen LogP contribution in [0.5, 0.6) is 0 Å². The number of rotatable bonds is 6. The van der Waals surface area contributed by atoms with Crippen molar-refractivity contribution in [3.63, 3.8) is 0 Å². The number of carbonyl (C=O) groups is 2. The second-order valence-corrected chi connectivity index (χ2v) is 6.87. The van der Waals surface area contributed by atoms with Gasteiger partial charge in [-0.05, 0) is 32.8 Å². The Labute approximate surface area is 143 Å². The van der Waals surface area contributed by atoms with E-state index >= 15 is 0 Å². The zero-order valence-electron chi connectivity index (χ0n) is 14.8. The Morgan fingerprint density at radius 3 is 2.50 bits per heavy atom. The monoisotopic (exact) mass is 334 g/mol. The molecule has 0 N–H and O–H groups in total. The molecule has 1 heterocycles. The van der Waals surface area contributed by atoms with Gasteiger partial charge in [-0.25, -0.2) is 4.79 Å². The maximum absolute atomic E-state index is 12.5. The topological polar surface area (TPSA) is 61.8 Å². The molecule has 0 bridgehead atoms. The third-order valence-electron chi connectivity index (χ3n) is 4.63. The van der Waals surface area contributed by atoms with Crippen molar-refractivity contribution >= 4 is 11.9 Å². The smallest absolute Gasteiger partial charge is 0.348 e. The molecule has 0 spiro atoms. The van der Waals surface area contributed by atoms with Crippen LogP contribution in [0.2, 0.25) is 0 Å². The van der Waals surface area contributed by atoms with Crippen LogP contribution in [0.15, 0.2) is 30.3 Å². The fourth-order valence-corrected chi connectivity index (χ4v) is 2.44. The van der Waals surface area contributed by atoms with E-state index in [1.807, 2.05) is 37.3 Å². The average molecular weight is 334 g/mol. The van der Waals surface area contributed by atoms with Gasteiger partial charge in [0.1, 0.15) is 0 Å². The van der Waals surface area contributed by atoms with Gasteiger partial charge in [0.15, 0.2) is 11.7 Å². The normalized spacial score (nSPS) is 22.0. The van der Waals surface area contributed by atoms with Gasteiger partial charge in [-0.2, -0.15) is 0 Å². The number of benzene rings is 1. The highest BCUT2D eigenvalue weighted by molar-refractivity contribution is 5.81. The summed E-state index contributed by atoms with van der Waals surface area (Å²) in [5, 5.41) is 0. The first kappa shape index (κ1) is 18.5. The van der Waals surface area contributed by atoms with Crippen LogP contribution in [-0.4, -0.2) is 31.3 Å². The zero-order chi connectivity index (χ0) is 17.8. The summed E-state index contributed by atoms with van der Waals surface area (Å²) in [4.78, 5) is 24.6. The van der Waals surface area contributed by atoms with E-state index in [9.17, 15) is 9.59 Å². The molecular formula is C19H26O5. The lowest BCUT2D eigenvalue weighted by Crippen LogP contribution is -2.39. The first-order valence-electron chi connectivity index (χ1n) is 8.38. The molecule has 2 unspecified atom stereocenters. The molecule has 1 fully saturated rings. The Kier molecular flexibility index (Phi) is 5.65. The highest BCUT2D eigenvalue weighted by Crippen LogP contribution is 2.35. The van der Waals surface area contributed by atoms with Gasteiger partial charge in [0, 0.05) is 6.42 Å². The molecule has 0 amide bonds. The summed E-state index contributed by atoms with van der Waals surface area (Å²) >= 11 is 0. The van der Waals surface area contributed by atoms with Gasteiger partial charge in [0.25, 0.3) is 0 Å². The van der Waals surface area contributed by atoms with Crippen molar-refractivity contribution in [1.29, 1.82) is 0 Å². The Morgan fingerprint density at radius 2 is 1.96 bits per heavy atom. The van der Waals surface area contributed by atoms with Crippen LogP contribution in [-0.2, 0) is 29.4 Å². The molecular weight excluding hydrogens is 308 g/mol. The molecule has 2 atom stereocenters. The third kappa shape index (κ3) is 3.96. The summed E-state index contributed by atoms with van der Waals surface area (Å²) in [5.74, 6) is -0.949. The summed E-state index contributed by atoms with van der Waals surface area (Å²) < 4.78 is 16.5. The molecule has 5 nitrogen and oxygen atoms in total. The van der Waals surface area contributed by atoms with E-state index in [4.69, 9.17) is 14.2 Å². The summed E-state index contributed by atoms with van der Waals surface area (Å²) in [5.41, 5.74) is -0.537. The lowest BCUT2D eigenvalue weighted by molar-refractivity contribution is -0.182. The van der Waals surface area contributed by atoms with Gasteiger partial charge in [-0.1, -0.05) is 37.3 Å². The second kappa shape index (κ2) is 7.34. The van der Waals surface area contributed by atoms with Crippen LogP contribution in [0.1, 0.15) is 46.1 Å². The van der Waals surface area contributed by atoms with E-state index in [2.05, 4.69) is 0 Å². The minimum absolute atomic E-state index is 0.309. The van der Waals surface area contributed by atoms with Gasteiger partial charge in [-0.3, -0.25) is 4.79 Å². The Bertz CT molecular complexity index is 573. The minimum atomic E-state index is -0.954. The van der Waals surface area contributed by atoms with E-state index in [0.717, 1.165) is 5.56 Å². The Morgan fingerprint density at radius 1 is 1.29 bits per heavy atom. The van der Waals surface area contributed by atoms with Crippen LogP contribution in [0.3, 0.4) is 0 Å². The second-order valence-electron chi connectivity index (χ2n) is 6.87. The predicted molar refractivity (Wildman–Crippen MR) is 89.3 cm³/mol. The van der Waals surface area contributed by atoms with E-state index < -0.39 is 29.1 Å². The van der Waals surface area contributed by atoms with Crippen molar-refractivity contribution in [1.82, 2.24) is 0 Å². The molecule has 0 saturated carbocycles. The van der Waals surface area contributed by atoms with Crippen LogP contribution in [0.4, 0.5) is 0 Å². The number of ether oxygens (including phenoxy) is 3. The Hall–Kier alpha value is -1.88. The predicted octanol–water partition coefficient (Wildman–Crippen LogP) is 3.21. The van der Waals surface area contributed by atoms with E-state index in [0.29, 0.717) is 26.1 Å². The van der Waals surface area contributed by atoms with Crippen LogP contribution >= 0.6 is 0 Å². The number of hydrogen-bond donors (Lipinski definition) is 0. The number of hydrogen-bond acceptors (Lipinski definition) is 5. The standard InChI is InChI=1S/C19H26O5/c1-5-18(3,4)17(21)23-14(2)16(20)24-19(11-12-22-13-19)15-9-7-6-8-10-15/h6-10,14H,5,11-13H2,1-4H3. The molecule has 1 aliphatic heterocycles. The lowest BCUT2D eigenvalue weighted by atomic mass is 9.90. The van der Waals surface area contributed by atoms with E-state index in [-0.39, 0.29) is 0 Å². The average Bonchev–Trinajstić information content (AvgIpc) is 3.05. The molecule has 2 rings (SSSR count). The first-order valence-corrected chi connectivity index (χ1v) is 8.38. The molecule has 1 aliphatic rings. The van der Waals surface area contributed by atoms with E-state index in [1.54, 1.807) is 20.8 Å². The molecule has 0 radical (unpaired) electrons. The summed E-state index contributed by atoms with van der Waals surface area (Å²) in [6.45, 7) is 7.88. The summed E-state index contributed by atoms with van der Waals surface area (Å²) in [7, 11) is 0. The molecule has 0 aromatic heterocycles. The quantitative estimate of drug-likeness (QED) is 0.748. The summed E-state index contributed by atoms with van der Waals surface area (Å²) in [6, 6.07) is 9.54. The van der Waals surface area contributed by atoms with Gasteiger partial charge >= 0.3 is 11.9 Å². The van der Waals surface area contributed by atoms with Crippen molar-refractivity contribution in [2.24, 2.45) is 5.41 Å². The molecule has 1 aromatic carbocycles. The molecule has 24 heavy (non-hydrogen) atoms. The zero-order valence-corrected chi connectivity index (χ0v) is 14.8. The van der Waals surface area contributed by atoms with E-state index in [1.165, 1.54) is 0 Å². The molecule has 1 saturated heterocycles. The number of carbonyl (C=O) groups excluding carboxylic acids is 2. The van der Waals surface area contributed by atoms with Crippen molar-refractivity contribution in [3.8, 4) is 0 Å². The molecule has 132 valence electrons. The minimum Gasteiger partial charge on any atom is -0.450 e. The molecule has 0 aliphatic carbocycles. The largest absolute Gasteiger partial charge is 0.450 e. The van der Waals surface area contributed by atoms with Crippen molar-refractivity contribution in [2.45, 2.75) is 52.2 Å². The lowest BCUT2D eigenvalue weighted by Gasteiger charge is -2.30. The van der Waals surface area contributed by atoms with Crippen LogP contribution in [0.25, 0.3) is 0 Å². The van der Waals surface area contributed by atoms with Gasteiger partial charge in [0.05, 0.1) is 18.6 Å². The Balaban J connectivity index is 2.08. The molecule has 1 aromatic rings. The fourth-order valence-electron chi connectivity index (χ4n) is 2.44. The first-order chi connectivity index (χ1) is 11.3. The van der Waals surface area contributed by atoms with Crippen LogP contribution in [0, 0.1) is 5.41 Å². The summed E-state index contributed by atoms with van der Waals surface area (Å²) in [6.07, 6.45) is 0.267. The van der Waals surface area contributed by atoms with Gasteiger partial charge in [-0.15, -0.1) is 0 Å². The van der Waals surface area contributed by atoms with Crippen molar-refractivity contribution in [3.05, 3.63) is 35.9 Å². The van der Waals surface area contributed by atoms with Crippen molar-refractivity contribution < 1.29 is 23.8 Å². The fraction of sp³-hybridized carbons (Fsp3) is 0.579. The maximum atomic E-state index is 12.5.